The molecule has 1 unspecified atom stereocenters. The van der Waals surface area contributed by atoms with Crippen LogP contribution in [0.3, 0.4) is 0 Å². The molecule has 1 aliphatic carbocycles. The SMILES string of the molecule is C/C=C/N=C(/C=C/n1c(C)cc(C(C)Cc2ccc(F)cc2)c(Cl)c1=O)c1cccc(NC(=O)C2(F)CC2)c1F. The monoisotopic (exact) mass is 567 g/mol. The van der Waals surface area contributed by atoms with Crippen molar-refractivity contribution in [3.05, 3.63) is 116 Å². The van der Waals surface area contributed by atoms with E-state index < -0.39 is 23.0 Å². The second kappa shape index (κ2) is 12.1. The lowest BCUT2D eigenvalue weighted by molar-refractivity contribution is -0.122. The molecule has 1 heterocycles. The number of amides is 1. The van der Waals surface area contributed by atoms with E-state index in [1.54, 1.807) is 32.1 Å². The molecule has 1 N–H and O–H groups in total. The minimum Gasteiger partial charge on any atom is -0.321 e. The van der Waals surface area contributed by atoms with Crippen LogP contribution in [0, 0.1) is 18.6 Å². The van der Waals surface area contributed by atoms with Crippen molar-refractivity contribution in [2.45, 2.75) is 51.6 Å². The summed E-state index contributed by atoms with van der Waals surface area (Å²) in [6.45, 7) is 5.43. The van der Waals surface area contributed by atoms with Crippen LogP contribution in [-0.2, 0) is 11.2 Å². The molecule has 1 fully saturated rings. The summed E-state index contributed by atoms with van der Waals surface area (Å²) in [5.74, 6) is -2.09. The Kier molecular flexibility index (Phi) is 8.79. The summed E-state index contributed by atoms with van der Waals surface area (Å²) in [7, 11) is 0. The summed E-state index contributed by atoms with van der Waals surface area (Å²) in [5, 5.41) is 2.37. The number of hydrogen-bond donors (Lipinski definition) is 1. The highest BCUT2D eigenvalue weighted by Gasteiger charge is 2.51. The molecule has 1 amide bonds. The van der Waals surface area contributed by atoms with Crippen LogP contribution in [0.5, 0.6) is 0 Å². The van der Waals surface area contributed by atoms with Crippen LogP contribution < -0.4 is 10.9 Å². The van der Waals surface area contributed by atoms with Gasteiger partial charge in [-0.15, -0.1) is 0 Å². The Hall–Kier alpha value is -3.91. The average Bonchev–Trinajstić information content (AvgIpc) is 3.69. The lowest BCUT2D eigenvalue weighted by atomic mass is 9.93. The second-order valence-electron chi connectivity index (χ2n) is 9.86. The van der Waals surface area contributed by atoms with E-state index in [4.69, 9.17) is 11.6 Å². The molecule has 5 nitrogen and oxygen atoms in total. The van der Waals surface area contributed by atoms with E-state index in [1.165, 1.54) is 53.4 Å². The minimum atomic E-state index is -1.95. The largest absolute Gasteiger partial charge is 0.321 e. The number of aliphatic imine (C=N–C) groups is 1. The van der Waals surface area contributed by atoms with Crippen LogP contribution in [0.4, 0.5) is 18.9 Å². The second-order valence-corrected chi connectivity index (χ2v) is 10.2. The van der Waals surface area contributed by atoms with Gasteiger partial charge in [-0.2, -0.15) is 0 Å². The first-order valence-electron chi connectivity index (χ1n) is 12.9. The highest BCUT2D eigenvalue weighted by molar-refractivity contribution is 6.31. The summed E-state index contributed by atoms with van der Waals surface area (Å²) in [5.41, 5.74) is -0.178. The average molecular weight is 568 g/mol. The van der Waals surface area contributed by atoms with Crippen molar-refractivity contribution in [1.82, 2.24) is 4.57 Å². The van der Waals surface area contributed by atoms with Crippen molar-refractivity contribution in [1.29, 1.82) is 0 Å². The Bertz CT molecular complexity index is 1570. The van der Waals surface area contributed by atoms with Crippen molar-refractivity contribution in [3.8, 4) is 0 Å². The highest BCUT2D eigenvalue weighted by atomic mass is 35.5. The fourth-order valence-corrected chi connectivity index (χ4v) is 4.61. The highest BCUT2D eigenvalue weighted by Crippen LogP contribution is 2.41. The van der Waals surface area contributed by atoms with Gasteiger partial charge in [-0.3, -0.25) is 19.1 Å². The van der Waals surface area contributed by atoms with Gasteiger partial charge in [0.2, 0.25) is 0 Å². The number of carbonyl (C=O) groups is 1. The number of allylic oxidation sites excluding steroid dienone is 2. The predicted molar refractivity (Wildman–Crippen MR) is 154 cm³/mol. The maximum absolute atomic E-state index is 15.4. The molecule has 4 rings (SSSR count). The van der Waals surface area contributed by atoms with E-state index in [0.29, 0.717) is 17.7 Å². The van der Waals surface area contributed by atoms with E-state index in [2.05, 4.69) is 10.3 Å². The molecule has 1 aliphatic rings. The number of nitrogens with one attached hydrogen (secondary N) is 1. The molecule has 0 bridgehead atoms. The molecule has 0 radical (unpaired) electrons. The van der Waals surface area contributed by atoms with Crippen molar-refractivity contribution >= 4 is 35.1 Å². The Morgan fingerprint density at radius 2 is 1.90 bits per heavy atom. The molecular weight excluding hydrogens is 539 g/mol. The smallest absolute Gasteiger partial charge is 0.273 e. The summed E-state index contributed by atoms with van der Waals surface area (Å²) >= 11 is 6.51. The van der Waals surface area contributed by atoms with Crippen LogP contribution in [-0.4, -0.2) is 21.9 Å². The fourth-order valence-electron chi connectivity index (χ4n) is 4.27. The molecule has 2 aromatic carbocycles. The van der Waals surface area contributed by atoms with Gasteiger partial charge in [0.15, 0.2) is 11.5 Å². The number of carbonyl (C=O) groups excluding carboxylic acids is 1. The number of hydrogen-bond acceptors (Lipinski definition) is 3. The molecule has 3 aromatic rings. The van der Waals surface area contributed by atoms with Gasteiger partial charge in [0.1, 0.15) is 10.8 Å². The lowest BCUT2D eigenvalue weighted by Gasteiger charge is -2.16. The summed E-state index contributed by atoms with van der Waals surface area (Å²) in [6.07, 6.45) is 6.82. The van der Waals surface area contributed by atoms with Gasteiger partial charge in [0.25, 0.3) is 11.5 Å². The number of anilines is 1. The number of aryl methyl sites for hydroxylation is 1. The minimum absolute atomic E-state index is 0.0490. The normalized spacial score (nSPS) is 15.5. The van der Waals surface area contributed by atoms with Crippen LogP contribution in [0.2, 0.25) is 5.02 Å². The zero-order valence-corrected chi connectivity index (χ0v) is 23.1. The lowest BCUT2D eigenvalue weighted by Crippen LogP contribution is -2.26. The third-order valence-electron chi connectivity index (χ3n) is 6.75. The molecule has 208 valence electrons. The number of nitrogens with zero attached hydrogens (tertiary/aromatic N) is 2. The van der Waals surface area contributed by atoms with E-state index in [-0.39, 0.29) is 46.6 Å². The Balaban J connectivity index is 1.64. The molecule has 1 aromatic heterocycles. The number of halogens is 4. The van der Waals surface area contributed by atoms with Gasteiger partial charge in [-0.05, 0) is 86.6 Å². The Labute approximate surface area is 235 Å². The van der Waals surface area contributed by atoms with Crippen molar-refractivity contribution in [2.24, 2.45) is 4.99 Å². The zero-order valence-electron chi connectivity index (χ0n) is 22.3. The van der Waals surface area contributed by atoms with Gasteiger partial charge >= 0.3 is 0 Å². The first-order chi connectivity index (χ1) is 19.0. The van der Waals surface area contributed by atoms with Crippen LogP contribution in [0.15, 0.2) is 76.7 Å². The molecule has 0 aliphatic heterocycles. The number of alkyl halides is 1. The molecule has 40 heavy (non-hydrogen) atoms. The number of benzene rings is 2. The summed E-state index contributed by atoms with van der Waals surface area (Å²) < 4.78 is 44.2. The summed E-state index contributed by atoms with van der Waals surface area (Å²) in [6, 6.07) is 12.3. The van der Waals surface area contributed by atoms with Gasteiger partial charge in [-0.25, -0.2) is 13.2 Å². The van der Waals surface area contributed by atoms with E-state index in [9.17, 15) is 18.4 Å². The molecule has 0 spiro atoms. The van der Waals surface area contributed by atoms with Gasteiger partial charge in [-0.1, -0.05) is 42.8 Å². The fraction of sp³-hybridized carbons (Fsp3) is 0.258. The van der Waals surface area contributed by atoms with Gasteiger partial charge in [0, 0.05) is 23.7 Å². The van der Waals surface area contributed by atoms with Crippen molar-refractivity contribution in [3.63, 3.8) is 0 Å². The van der Waals surface area contributed by atoms with E-state index >= 15 is 4.39 Å². The topological polar surface area (TPSA) is 63.5 Å². The van der Waals surface area contributed by atoms with Crippen LogP contribution >= 0.6 is 11.6 Å². The molecule has 1 atom stereocenters. The summed E-state index contributed by atoms with van der Waals surface area (Å²) in [4.78, 5) is 29.7. The molecule has 0 saturated heterocycles. The quantitative estimate of drug-likeness (QED) is 0.274. The zero-order chi connectivity index (χ0) is 29.0. The van der Waals surface area contributed by atoms with Crippen molar-refractivity contribution in [2.75, 3.05) is 5.32 Å². The first kappa shape index (κ1) is 29.1. The van der Waals surface area contributed by atoms with Gasteiger partial charge in [0.05, 0.1) is 11.4 Å². The molecule has 9 heteroatoms. The van der Waals surface area contributed by atoms with Crippen LogP contribution in [0.25, 0.3) is 6.20 Å². The standard InChI is InChI=1S/C31H29ClF3N3O2/c1-4-15-36-25(23-6-5-7-26(28(23)34)37-30(40)31(35)13-14-31)12-16-38-20(3)18-24(27(32)29(38)39)19(2)17-21-8-10-22(33)11-9-21/h4-12,15-16,18-19H,13-14,17H2,1-3H3,(H,37,40)/b15-4+,16-12+,36-25-. The number of aromatic nitrogens is 1. The maximum atomic E-state index is 15.4. The molecular formula is C31H29ClF3N3O2. The number of pyridine rings is 1. The predicted octanol–water partition coefficient (Wildman–Crippen LogP) is 7.37. The number of rotatable bonds is 9. The van der Waals surface area contributed by atoms with Gasteiger partial charge < -0.3 is 5.32 Å². The van der Waals surface area contributed by atoms with Crippen molar-refractivity contribution < 1.29 is 18.0 Å². The van der Waals surface area contributed by atoms with E-state index in [1.807, 2.05) is 13.0 Å². The Morgan fingerprint density at radius 1 is 1.20 bits per heavy atom. The van der Waals surface area contributed by atoms with Crippen LogP contribution in [0.1, 0.15) is 55.0 Å². The maximum Gasteiger partial charge on any atom is 0.273 e. The van der Waals surface area contributed by atoms with E-state index in [0.717, 1.165) is 5.56 Å². The first-order valence-corrected chi connectivity index (χ1v) is 13.2. The Morgan fingerprint density at radius 3 is 2.55 bits per heavy atom. The molecule has 1 saturated carbocycles. The third kappa shape index (κ3) is 6.45. The third-order valence-corrected chi connectivity index (χ3v) is 7.13.